The summed E-state index contributed by atoms with van der Waals surface area (Å²) in [4.78, 5) is 5.22. The van der Waals surface area contributed by atoms with E-state index in [1.165, 1.54) is 109 Å². The van der Waals surface area contributed by atoms with Crippen LogP contribution in [0.25, 0.3) is 11.0 Å². The average molecular weight is 835 g/mol. The third-order valence-electron chi connectivity index (χ3n) is 16.3. The van der Waals surface area contributed by atoms with Gasteiger partial charge in [-0.3, -0.25) is 0 Å². The molecule has 6 aromatic rings. The fraction of sp³-hybridized carbons (Fsp3) is 0.458. The summed E-state index contributed by atoms with van der Waals surface area (Å²) in [6, 6.07) is 34.2. The van der Waals surface area contributed by atoms with Crippen LogP contribution < -0.4 is 26.4 Å². The first-order valence-corrected chi connectivity index (χ1v) is 24.1. The number of anilines is 6. The molecule has 0 spiro atoms. The number of furan rings is 1. The van der Waals surface area contributed by atoms with Crippen molar-refractivity contribution in [2.45, 2.75) is 175 Å². The first-order valence-electron chi connectivity index (χ1n) is 24.1. The molecule has 10 rings (SSSR count). The molecule has 63 heavy (non-hydrogen) atoms. The maximum Gasteiger partial charge on any atom is 0.297 e. The molecule has 3 nitrogen and oxygen atoms in total. The summed E-state index contributed by atoms with van der Waals surface area (Å²) < 4.78 is 7.60. The van der Waals surface area contributed by atoms with Crippen molar-refractivity contribution in [3.8, 4) is 0 Å². The second-order valence-corrected chi connectivity index (χ2v) is 25.0. The lowest BCUT2D eigenvalue weighted by atomic mass is 9.35. The summed E-state index contributed by atoms with van der Waals surface area (Å²) in [5.74, 6) is 0.322. The third-order valence-corrected chi connectivity index (χ3v) is 16.3. The predicted octanol–water partition coefficient (Wildman–Crippen LogP) is 14.9. The van der Waals surface area contributed by atoms with Crippen LogP contribution in [0.3, 0.4) is 0 Å². The Morgan fingerprint density at radius 1 is 0.524 bits per heavy atom. The average Bonchev–Trinajstić information content (AvgIpc) is 3.58. The zero-order valence-electron chi connectivity index (χ0n) is 41.4. The molecule has 5 aromatic carbocycles. The van der Waals surface area contributed by atoms with Crippen LogP contribution in [0.5, 0.6) is 0 Å². The van der Waals surface area contributed by atoms with Gasteiger partial charge >= 0.3 is 0 Å². The monoisotopic (exact) mass is 835 g/mol. The van der Waals surface area contributed by atoms with Gasteiger partial charge in [-0.25, -0.2) is 0 Å². The maximum atomic E-state index is 7.60. The van der Waals surface area contributed by atoms with E-state index in [1.807, 2.05) is 0 Å². The van der Waals surface area contributed by atoms with Crippen LogP contribution in [-0.4, -0.2) is 6.71 Å². The van der Waals surface area contributed by atoms with Crippen LogP contribution in [0.4, 0.5) is 34.1 Å². The Bertz CT molecular complexity index is 2830. The number of hydrogen-bond donors (Lipinski definition) is 0. The smallest absolute Gasteiger partial charge is 0.297 e. The molecule has 0 amide bonds. The van der Waals surface area contributed by atoms with Crippen molar-refractivity contribution in [3.63, 3.8) is 0 Å². The predicted molar refractivity (Wildman–Crippen MR) is 272 cm³/mol. The lowest BCUT2D eigenvalue weighted by molar-refractivity contribution is 0.332. The van der Waals surface area contributed by atoms with Gasteiger partial charge in [0.1, 0.15) is 5.58 Å². The Kier molecular flexibility index (Phi) is 9.01. The van der Waals surface area contributed by atoms with Gasteiger partial charge in [-0.15, -0.1) is 0 Å². The zero-order chi connectivity index (χ0) is 45.1. The topological polar surface area (TPSA) is 19.6 Å². The molecule has 0 bridgehead atoms. The molecule has 4 aliphatic rings. The Morgan fingerprint density at radius 3 is 1.43 bits per heavy atom. The van der Waals surface area contributed by atoms with E-state index >= 15 is 0 Å². The second-order valence-electron chi connectivity index (χ2n) is 25.0. The molecule has 1 aromatic heterocycles. The van der Waals surface area contributed by atoms with Crippen LogP contribution in [0.15, 0.2) is 89.3 Å². The largest absolute Gasteiger partial charge is 0.468 e. The maximum absolute atomic E-state index is 7.60. The molecule has 0 saturated carbocycles. The highest BCUT2D eigenvalue weighted by molar-refractivity contribution is 7.00. The third kappa shape index (κ3) is 6.41. The minimum absolute atomic E-state index is 0.0431. The lowest BCUT2D eigenvalue weighted by Crippen LogP contribution is -2.61. The molecular weight excluding hydrogens is 763 g/mol. The molecule has 4 heteroatoms. The Hall–Kier alpha value is -4.70. The van der Waals surface area contributed by atoms with Crippen molar-refractivity contribution in [2.24, 2.45) is 0 Å². The van der Waals surface area contributed by atoms with Crippen LogP contribution >= 0.6 is 0 Å². The Balaban J connectivity index is 1.35. The van der Waals surface area contributed by atoms with Gasteiger partial charge in [0.05, 0.1) is 11.3 Å². The van der Waals surface area contributed by atoms with E-state index < -0.39 is 0 Å². The highest BCUT2D eigenvalue weighted by atomic mass is 16.3. The van der Waals surface area contributed by atoms with Crippen molar-refractivity contribution < 1.29 is 4.42 Å². The van der Waals surface area contributed by atoms with E-state index in [-0.39, 0.29) is 39.2 Å². The van der Waals surface area contributed by atoms with E-state index in [0.717, 1.165) is 17.7 Å². The summed E-state index contributed by atoms with van der Waals surface area (Å²) in [5.41, 5.74) is 22.3. The van der Waals surface area contributed by atoms with Crippen LogP contribution in [0.2, 0.25) is 0 Å². The standard InChI is InChI=1S/C59H71BN2O/c1-35(2)36-29-48-51-49(30-36)62(40-23-19-38(20-24-40)55(6,7)8)52-41-31-42-45(59(15,16)28-25-56(42,9)10)34-50(41)63-53(52)60(51)46-32-43-44(58(13,14)27-26-57(43,11)12)33-47(46)61(48)39-21-17-37(18-22-39)54(3,4)5/h17-24,29-35H,25-28H2,1-16H3. The van der Waals surface area contributed by atoms with E-state index in [0.29, 0.717) is 5.92 Å². The van der Waals surface area contributed by atoms with Gasteiger partial charge in [-0.05, 0) is 169 Å². The van der Waals surface area contributed by atoms with E-state index in [9.17, 15) is 0 Å². The minimum Gasteiger partial charge on any atom is -0.468 e. The molecule has 0 fully saturated rings. The summed E-state index contributed by atoms with van der Waals surface area (Å²) in [7, 11) is 0. The van der Waals surface area contributed by atoms with Crippen molar-refractivity contribution in [2.75, 3.05) is 9.80 Å². The van der Waals surface area contributed by atoms with Crippen molar-refractivity contribution in [3.05, 3.63) is 124 Å². The van der Waals surface area contributed by atoms with Crippen LogP contribution in [0, 0.1) is 0 Å². The number of hydrogen-bond acceptors (Lipinski definition) is 3. The van der Waals surface area contributed by atoms with E-state index in [4.69, 9.17) is 4.42 Å². The number of nitrogens with zero attached hydrogens (tertiary/aromatic N) is 2. The molecule has 0 saturated heterocycles. The van der Waals surface area contributed by atoms with Gasteiger partial charge in [0.2, 0.25) is 0 Å². The van der Waals surface area contributed by atoms with Gasteiger partial charge in [-0.2, -0.15) is 0 Å². The SMILES string of the molecule is CC(C)c1cc2c3c(c1)N(c1ccc(C(C)(C)C)cc1)c1c(oc4cc5c(cc14)C(C)(C)CCC5(C)C)B3c1cc3c(cc1N2c1ccc(C(C)(C)C)cc1)C(C)(C)CCC3(C)C. The van der Waals surface area contributed by atoms with E-state index in [2.05, 4.69) is 206 Å². The molecule has 326 valence electrons. The van der Waals surface area contributed by atoms with Gasteiger partial charge in [0.25, 0.3) is 6.71 Å². The number of rotatable bonds is 3. The number of fused-ring (bicyclic) bond motifs is 8. The molecule has 0 unspecified atom stereocenters. The summed E-state index contributed by atoms with van der Waals surface area (Å²) in [6.07, 6.45) is 4.67. The van der Waals surface area contributed by atoms with Gasteiger partial charge in [0.15, 0.2) is 0 Å². The Labute approximate surface area is 379 Å². The molecule has 3 heterocycles. The van der Waals surface area contributed by atoms with Gasteiger partial charge in [0, 0.05) is 33.8 Å². The van der Waals surface area contributed by atoms with Crippen molar-refractivity contribution in [1.82, 2.24) is 0 Å². The zero-order valence-corrected chi connectivity index (χ0v) is 41.4. The quantitative estimate of drug-likeness (QED) is 0.165. The molecule has 2 aliphatic carbocycles. The minimum atomic E-state index is -0.0898. The van der Waals surface area contributed by atoms with E-state index in [1.54, 1.807) is 0 Å². The highest BCUT2D eigenvalue weighted by Gasteiger charge is 2.50. The molecule has 2 aliphatic heterocycles. The normalized spacial score (nSPS) is 19.1. The fourth-order valence-corrected chi connectivity index (χ4v) is 11.7. The summed E-state index contributed by atoms with van der Waals surface area (Å²) in [5, 5.41) is 1.22. The molecule has 0 atom stereocenters. The summed E-state index contributed by atoms with van der Waals surface area (Å²) >= 11 is 0. The lowest BCUT2D eigenvalue weighted by Gasteiger charge is -2.46. The van der Waals surface area contributed by atoms with Crippen molar-refractivity contribution >= 4 is 68.4 Å². The first-order chi connectivity index (χ1) is 29.3. The fourth-order valence-electron chi connectivity index (χ4n) is 11.7. The molecule has 0 N–H and O–H groups in total. The van der Waals surface area contributed by atoms with Gasteiger partial charge in [-0.1, -0.05) is 141 Å². The van der Waals surface area contributed by atoms with Crippen LogP contribution in [-0.2, 0) is 32.5 Å². The Morgan fingerprint density at radius 2 is 0.952 bits per heavy atom. The van der Waals surface area contributed by atoms with Gasteiger partial charge < -0.3 is 14.2 Å². The first kappa shape index (κ1) is 42.3. The molecule has 0 radical (unpaired) electrons. The van der Waals surface area contributed by atoms with Crippen molar-refractivity contribution in [1.29, 1.82) is 0 Å². The molecular formula is C59H71BN2O. The van der Waals surface area contributed by atoms with Crippen LogP contribution in [0.1, 0.15) is 181 Å². The number of benzene rings is 5. The highest BCUT2D eigenvalue weighted by Crippen LogP contribution is 2.54. The second kappa shape index (κ2) is 13.4. The summed E-state index contributed by atoms with van der Waals surface area (Å²) in [6.45, 7) is 38.1.